The molecule has 0 radical (unpaired) electrons. The lowest BCUT2D eigenvalue weighted by Gasteiger charge is -2.26. The van der Waals surface area contributed by atoms with E-state index in [1.807, 2.05) is 18.7 Å². The van der Waals surface area contributed by atoms with Crippen LogP contribution in [0.5, 0.6) is 0 Å². The van der Waals surface area contributed by atoms with Crippen LogP contribution in [-0.4, -0.2) is 57.2 Å². The minimum atomic E-state index is -3.17. The van der Waals surface area contributed by atoms with Gasteiger partial charge in [0.1, 0.15) is 0 Å². The molecule has 1 atom stereocenters. The molecule has 1 amide bonds. The average Bonchev–Trinajstić information content (AvgIpc) is 2.51. The van der Waals surface area contributed by atoms with Crippen LogP contribution in [0.2, 0.25) is 0 Å². The van der Waals surface area contributed by atoms with Gasteiger partial charge >= 0.3 is 0 Å². The van der Waals surface area contributed by atoms with Gasteiger partial charge in [-0.3, -0.25) is 9.69 Å². The van der Waals surface area contributed by atoms with Gasteiger partial charge in [-0.1, -0.05) is 6.92 Å². The lowest BCUT2D eigenvalue weighted by atomic mass is 10.2. The maximum atomic E-state index is 11.5. The largest absolute Gasteiger partial charge is 0.355 e. The van der Waals surface area contributed by atoms with E-state index in [4.69, 9.17) is 0 Å². The maximum absolute atomic E-state index is 11.5. The van der Waals surface area contributed by atoms with Crippen molar-refractivity contribution >= 4 is 15.9 Å². The highest BCUT2D eigenvalue weighted by molar-refractivity contribution is 7.89. The second kappa shape index (κ2) is 7.06. The SMILES string of the molecule is CCCS(=O)(=O)NC[C@H](C)N1CCCNC(=O)C1. The number of nitrogens with one attached hydrogen (secondary N) is 2. The highest BCUT2D eigenvalue weighted by Crippen LogP contribution is 2.03. The third-order valence-corrected chi connectivity index (χ3v) is 4.54. The summed E-state index contributed by atoms with van der Waals surface area (Å²) in [6, 6.07) is 0.0282. The van der Waals surface area contributed by atoms with Crippen molar-refractivity contribution in [3.05, 3.63) is 0 Å². The smallest absolute Gasteiger partial charge is 0.234 e. The second-order valence-electron chi connectivity index (χ2n) is 4.69. The van der Waals surface area contributed by atoms with E-state index in [2.05, 4.69) is 10.0 Å². The Kier molecular flexibility index (Phi) is 6.04. The number of carbonyl (C=O) groups excluding carboxylic acids is 1. The van der Waals surface area contributed by atoms with Crippen LogP contribution >= 0.6 is 0 Å². The summed E-state index contributed by atoms with van der Waals surface area (Å²) in [5.41, 5.74) is 0. The topological polar surface area (TPSA) is 78.5 Å². The van der Waals surface area contributed by atoms with Gasteiger partial charge < -0.3 is 5.32 Å². The zero-order valence-electron chi connectivity index (χ0n) is 11.1. The number of rotatable bonds is 6. The molecule has 0 aliphatic carbocycles. The van der Waals surface area contributed by atoms with E-state index in [1.165, 1.54) is 0 Å². The molecular formula is C11H23N3O3S. The first-order valence-electron chi connectivity index (χ1n) is 6.42. The van der Waals surface area contributed by atoms with Crippen molar-refractivity contribution in [3.63, 3.8) is 0 Å². The third kappa shape index (κ3) is 5.32. The standard InChI is InChI=1S/C11H23N3O3S/c1-3-7-18(16,17)13-8-10(2)14-6-4-5-12-11(15)9-14/h10,13H,3-9H2,1-2H3,(H,12,15)/t10-/m0/s1. The van der Waals surface area contributed by atoms with Gasteiger partial charge in [0.15, 0.2) is 0 Å². The van der Waals surface area contributed by atoms with Crippen LogP contribution in [-0.2, 0) is 14.8 Å². The Morgan fingerprint density at radius 1 is 1.50 bits per heavy atom. The predicted molar refractivity (Wildman–Crippen MR) is 70.7 cm³/mol. The van der Waals surface area contributed by atoms with Crippen LogP contribution in [0.15, 0.2) is 0 Å². The molecule has 0 aromatic heterocycles. The van der Waals surface area contributed by atoms with Crippen molar-refractivity contribution in [1.29, 1.82) is 0 Å². The summed E-state index contributed by atoms with van der Waals surface area (Å²) >= 11 is 0. The van der Waals surface area contributed by atoms with Crippen molar-refractivity contribution < 1.29 is 13.2 Å². The van der Waals surface area contributed by atoms with Gasteiger partial charge in [-0.05, 0) is 19.8 Å². The quantitative estimate of drug-likeness (QED) is 0.688. The fraction of sp³-hybridized carbons (Fsp3) is 0.909. The summed E-state index contributed by atoms with van der Waals surface area (Å²) < 4.78 is 25.7. The van der Waals surface area contributed by atoms with Gasteiger partial charge in [0.25, 0.3) is 0 Å². The van der Waals surface area contributed by atoms with E-state index in [1.54, 1.807) is 0 Å². The van der Waals surface area contributed by atoms with E-state index in [-0.39, 0.29) is 17.7 Å². The summed E-state index contributed by atoms with van der Waals surface area (Å²) in [7, 11) is -3.17. The molecule has 6 nitrogen and oxygen atoms in total. The van der Waals surface area contributed by atoms with E-state index in [0.717, 1.165) is 13.0 Å². The van der Waals surface area contributed by atoms with Crippen LogP contribution in [0, 0.1) is 0 Å². The second-order valence-corrected chi connectivity index (χ2v) is 6.62. The fourth-order valence-electron chi connectivity index (χ4n) is 1.92. The number of amides is 1. The zero-order valence-corrected chi connectivity index (χ0v) is 11.9. The first-order valence-corrected chi connectivity index (χ1v) is 8.08. The van der Waals surface area contributed by atoms with Gasteiger partial charge in [-0.25, -0.2) is 13.1 Å². The molecule has 0 spiro atoms. The highest BCUT2D eigenvalue weighted by Gasteiger charge is 2.20. The third-order valence-electron chi connectivity index (χ3n) is 2.99. The molecule has 0 aromatic rings. The minimum absolute atomic E-state index is 0.00997. The molecule has 0 bridgehead atoms. The minimum Gasteiger partial charge on any atom is -0.355 e. The van der Waals surface area contributed by atoms with E-state index in [0.29, 0.717) is 26.1 Å². The Hall–Kier alpha value is -0.660. The molecule has 7 heteroatoms. The lowest BCUT2D eigenvalue weighted by molar-refractivity contribution is -0.121. The summed E-state index contributed by atoms with van der Waals surface area (Å²) in [5.74, 6) is 0.163. The molecule has 2 N–H and O–H groups in total. The number of hydrogen-bond acceptors (Lipinski definition) is 4. The fourth-order valence-corrected chi connectivity index (χ4v) is 3.10. The molecule has 18 heavy (non-hydrogen) atoms. The Bertz CT molecular complexity index is 370. The molecular weight excluding hydrogens is 254 g/mol. The van der Waals surface area contributed by atoms with Gasteiger partial charge in [0, 0.05) is 25.7 Å². The molecule has 1 rings (SSSR count). The lowest BCUT2D eigenvalue weighted by Crippen LogP contribution is -2.45. The summed E-state index contributed by atoms with van der Waals surface area (Å²) in [6.45, 7) is 5.99. The molecule has 1 aliphatic rings. The van der Waals surface area contributed by atoms with Crippen LogP contribution in [0.3, 0.4) is 0 Å². The first kappa shape index (κ1) is 15.4. The van der Waals surface area contributed by atoms with Crippen LogP contribution in [0.1, 0.15) is 26.7 Å². The number of carbonyl (C=O) groups is 1. The average molecular weight is 277 g/mol. The molecule has 106 valence electrons. The molecule has 1 saturated heterocycles. The molecule has 0 aromatic carbocycles. The van der Waals surface area contributed by atoms with E-state index >= 15 is 0 Å². The van der Waals surface area contributed by atoms with Gasteiger partial charge in [-0.2, -0.15) is 0 Å². The number of sulfonamides is 1. The van der Waals surface area contributed by atoms with Gasteiger partial charge in [-0.15, -0.1) is 0 Å². The Labute approximate surface area is 109 Å². The summed E-state index contributed by atoms with van der Waals surface area (Å²) in [6.07, 6.45) is 1.51. The van der Waals surface area contributed by atoms with Crippen molar-refractivity contribution in [2.45, 2.75) is 32.7 Å². The monoisotopic (exact) mass is 277 g/mol. The molecule has 0 unspecified atom stereocenters. The molecule has 1 fully saturated rings. The van der Waals surface area contributed by atoms with E-state index in [9.17, 15) is 13.2 Å². The predicted octanol–water partition coefficient (Wildman–Crippen LogP) is -0.474. The van der Waals surface area contributed by atoms with Crippen LogP contribution < -0.4 is 10.0 Å². The molecule has 0 saturated carbocycles. The Morgan fingerprint density at radius 3 is 2.89 bits per heavy atom. The van der Waals surface area contributed by atoms with Gasteiger partial charge in [0.05, 0.1) is 12.3 Å². The van der Waals surface area contributed by atoms with Crippen LogP contribution in [0.25, 0.3) is 0 Å². The van der Waals surface area contributed by atoms with Crippen molar-refractivity contribution in [1.82, 2.24) is 14.9 Å². The maximum Gasteiger partial charge on any atom is 0.234 e. The Balaban J connectivity index is 2.44. The summed E-state index contributed by atoms with van der Waals surface area (Å²) in [5, 5.41) is 2.80. The van der Waals surface area contributed by atoms with E-state index < -0.39 is 10.0 Å². The normalized spacial score (nSPS) is 20.2. The van der Waals surface area contributed by atoms with Crippen LogP contribution in [0.4, 0.5) is 0 Å². The molecule has 1 aliphatic heterocycles. The van der Waals surface area contributed by atoms with Gasteiger partial charge in [0.2, 0.25) is 15.9 Å². The zero-order chi connectivity index (χ0) is 13.6. The van der Waals surface area contributed by atoms with Crippen molar-refractivity contribution in [2.75, 3.05) is 31.9 Å². The Morgan fingerprint density at radius 2 is 2.22 bits per heavy atom. The van der Waals surface area contributed by atoms with Crippen molar-refractivity contribution in [2.24, 2.45) is 0 Å². The van der Waals surface area contributed by atoms with Crippen molar-refractivity contribution in [3.8, 4) is 0 Å². The molecule has 1 heterocycles. The highest BCUT2D eigenvalue weighted by atomic mass is 32.2. The number of hydrogen-bond donors (Lipinski definition) is 2. The first-order chi connectivity index (χ1) is 8.44. The summed E-state index contributed by atoms with van der Waals surface area (Å²) in [4.78, 5) is 13.4. The number of nitrogens with zero attached hydrogens (tertiary/aromatic N) is 1.